The zero-order valence-electron chi connectivity index (χ0n) is 7.22. The van der Waals surface area contributed by atoms with Crippen LogP contribution in [-0.4, -0.2) is 33.3 Å². The van der Waals surface area contributed by atoms with Crippen LogP contribution in [0.1, 0.15) is 17.4 Å². The number of aliphatic carboxylic acids is 1. The van der Waals surface area contributed by atoms with Crippen LogP contribution in [0.25, 0.3) is 0 Å². The third-order valence-electron chi connectivity index (χ3n) is 1.45. The number of amides is 1. The summed E-state index contributed by atoms with van der Waals surface area (Å²) < 4.78 is 4.18. The predicted octanol–water partition coefficient (Wildman–Crippen LogP) is -1.15. The monoisotopic (exact) mass is 200 g/mol. The number of nitrogen functional groups attached to an aromatic ring is 1. The molecular weight excluding hydrogens is 192 g/mol. The number of nitrogens with one attached hydrogen (secondary N) is 1. The Hall–Kier alpha value is -2.12. The quantitative estimate of drug-likeness (QED) is 0.561. The molecule has 76 valence electrons. The molecule has 14 heavy (non-hydrogen) atoms. The largest absolute Gasteiger partial charge is 0.480 e. The molecule has 0 saturated heterocycles. The van der Waals surface area contributed by atoms with E-state index in [0.29, 0.717) is 0 Å². The third kappa shape index (κ3) is 1.97. The Morgan fingerprint density at radius 3 is 2.64 bits per heavy atom. The van der Waals surface area contributed by atoms with Gasteiger partial charge in [-0.3, -0.25) is 9.59 Å². The Morgan fingerprint density at radius 1 is 1.57 bits per heavy atom. The fourth-order valence-electron chi connectivity index (χ4n) is 0.680. The van der Waals surface area contributed by atoms with Crippen molar-refractivity contribution in [1.29, 1.82) is 0 Å². The van der Waals surface area contributed by atoms with E-state index in [1.165, 1.54) is 6.92 Å². The summed E-state index contributed by atoms with van der Waals surface area (Å²) in [7, 11) is 0. The standard InChI is InChI=1S/C6H8N4O4/c1-2(6(12)13)8-5(11)3-4(7)10-14-9-3/h2H,1H3,(H2,7,10)(H,8,11)(H,12,13). The number of hydrogen-bond donors (Lipinski definition) is 3. The molecule has 0 spiro atoms. The normalized spacial score (nSPS) is 12.1. The van der Waals surface area contributed by atoms with Gasteiger partial charge in [0.15, 0.2) is 0 Å². The molecule has 0 aliphatic heterocycles. The Balaban J connectivity index is 2.69. The molecule has 0 aromatic carbocycles. The van der Waals surface area contributed by atoms with Crippen molar-refractivity contribution in [2.45, 2.75) is 13.0 Å². The molecular formula is C6H8N4O4. The van der Waals surface area contributed by atoms with E-state index in [4.69, 9.17) is 10.8 Å². The van der Waals surface area contributed by atoms with Crippen LogP contribution in [0.15, 0.2) is 4.63 Å². The number of rotatable bonds is 3. The van der Waals surface area contributed by atoms with Crippen molar-refractivity contribution in [3.8, 4) is 0 Å². The van der Waals surface area contributed by atoms with Gasteiger partial charge in [-0.25, -0.2) is 4.63 Å². The molecule has 0 radical (unpaired) electrons. The van der Waals surface area contributed by atoms with E-state index < -0.39 is 17.9 Å². The third-order valence-corrected chi connectivity index (χ3v) is 1.45. The average Bonchev–Trinajstić information content (AvgIpc) is 2.51. The van der Waals surface area contributed by atoms with Crippen LogP contribution < -0.4 is 11.1 Å². The molecule has 1 rings (SSSR count). The van der Waals surface area contributed by atoms with Crippen LogP contribution in [0, 0.1) is 0 Å². The summed E-state index contributed by atoms with van der Waals surface area (Å²) in [4.78, 5) is 21.6. The highest BCUT2D eigenvalue weighted by Gasteiger charge is 2.20. The summed E-state index contributed by atoms with van der Waals surface area (Å²) in [6, 6.07) is -1.03. The SMILES string of the molecule is CC(NC(=O)c1nonc1N)C(=O)O. The highest BCUT2D eigenvalue weighted by atomic mass is 16.6. The molecule has 1 heterocycles. The number of carboxylic acids is 1. The summed E-state index contributed by atoms with van der Waals surface area (Å²) in [6.45, 7) is 1.31. The van der Waals surface area contributed by atoms with Crippen LogP contribution in [0.5, 0.6) is 0 Å². The number of aromatic nitrogens is 2. The van der Waals surface area contributed by atoms with Crippen LogP contribution in [0.4, 0.5) is 5.82 Å². The molecule has 8 nitrogen and oxygen atoms in total. The van der Waals surface area contributed by atoms with E-state index in [1.807, 2.05) is 0 Å². The van der Waals surface area contributed by atoms with Crippen molar-refractivity contribution < 1.29 is 19.3 Å². The molecule has 4 N–H and O–H groups in total. The first-order chi connectivity index (χ1) is 6.52. The van der Waals surface area contributed by atoms with Gasteiger partial charge in [-0.05, 0) is 17.2 Å². The van der Waals surface area contributed by atoms with Gasteiger partial charge in [0.25, 0.3) is 5.91 Å². The molecule has 0 bridgehead atoms. The lowest BCUT2D eigenvalue weighted by atomic mass is 10.3. The second-order valence-electron chi connectivity index (χ2n) is 2.53. The average molecular weight is 200 g/mol. The molecule has 1 unspecified atom stereocenters. The van der Waals surface area contributed by atoms with Gasteiger partial charge in [-0.1, -0.05) is 0 Å². The first kappa shape index (κ1) is 9.96. The van der Waals surface area contributed by atoms with E-state index in [2.05, 4.69) is 20.3 Å². The summed E-state index contributed by atoms with van der Waals surface area (Å²) in [6.07, 6.45) is 0. The van der Waals surface area contributed by atoms with Crippen LogP contribution in [0.3, 0.4) is 0 Å². The maximum Gasteiger partial charge on any atom is 0.325 e. The Kier molecular flexibility index (Phi) is 2.65. The van der Waals surface area contributed by atoms with Gasteiger partial charge < -0.3 is 16.2 Å². The fraction of sp³-hybridized carbons (Fsp3) is 0.333. The van der Waals surface area contributed by atoms with Crippen molar-refractivity contribution in [3.05, 3.63) is 5.69 Å². The molecule has 1 aromatic rings. The summed E-state index contributed by atoms with van der Waals surface area (Å²) in [5.74, 6) is -2.08. The van der Waals surface area contributed by atoms with Crippen molar-refractivity contribution in [2.75, 3.05) is 5.73 Å². The van der Waals surface area contributed by atoms with E-state index in [9.17, 15) is 9.59 Å². The van der Waals surface area contributed by atoms with Crippen molar-refractivity contribution in [2.24, 2.45) is 0 Å². The number of hydrogen-bond acceptors (Lipinski definition) is 6. The molecule has 0 fully saturated rings. The van der Waals surface area contributed by atoms with E-state index >= 15 is 0 Å². The minimum Gasteiger partial charge on any atom is -0.480 e. The van der Waals surface area contributed by atoms with Crippen molar-refractivity contribution >= 4 is 17.7 Å². The molecule has 1 amide bonds. The second-order valence-corrected chi connectivity index (χ2v) is 2.53. The van der Waals surface area contributed by atoms with Crippen LogP contribution in [0.2, 0.25) is 0 Å². The van der Waals surface area contributed by atoms with Gasteiger partial charge in [-0.15, -0.1) is 0 Å². The molecule has 1 aromatic heterocycles. The van der Waals surface area contributed by atoms with Crippen LogP contribution in [-0.2, 0) is 4.79 Å². The number of nitrogens with two attached hydrogens (primary N) is 1. The molecule has 0 aliphatic carbocycles. The highest BCUT2D eigenvalue weighted by Crippen LogP contribution is 2.03. The van der Waals surface area contributed by atoms with Crippen molar-refractivity contribution in [3.63, 3.8) is 0 Å². The lowest BCUT2D eigenvalue weighted by Gasteiger charge is -2.06. The van der Waals surface area contributed by atoms with Gasteiger partial charge in [0, 0.05) is 0 Å². The first-order valence-corrected chi connectivity index (χ1v) is 3.64. The van der Waals surface area contributed by atoms with Crippen molar-refractivity contribution in [1.82, 2.24) is 15.6 Å². The van der Waals surface area contributed by atoms with E-state index in [0.717, 1.165) is 0 Å². The number of nitrogens with zero attached hydrogens (tertiary/aromatic N) is 2. The molecule has 8 heteroatoms. The van der Waals surface area contributed by atoms with Gasteiger partial charge in [-0.2, -0.15) is 0 Å². The lowest BCUT2D eigenvalue weighted by molar-refractivity contribution is -0.138. The van der Waals surface area contributed by atoms with Gasteiger partial charge in [0.05, 0.1) is 0 Å². The fourth-order valence-corrected chi connectivity index (χ4v) is 0.680. The minimum absolute atomic E-state index is 0.180. The second kappa shape index (κ2) is 3.73. The number of carbonyl (C=O) groups excluding carboxylic acids is 1. The zero-order chi connectivity index (χ0) is 10.7. The van der Waals surface area contributed by atoms with E-state index in [1.54, 1.807) is 0 Å². The molecule has 0 saturated carbocycles. The maximum atomic E-state index is 11.2. The molecule has 0 aliphatic rings. The first-order valence-electron chi connectivity index (χ1n) is 3.64. The number of carbonyl (C=O) groups is 2. The highest BCUT2D eigenvalue weighted by molar-refractivity contribution is 5.97. The van der Waals surface area contributed by atoms with E-state index in [-0.39, 0.29) is 11.5 Å². The Labute approximate surface area is 78.0 Å². The Bertz CT molecular complexity index is 360. The minimum atomic E-state index is -1.16. The summed E-state index contributed by atoms with van der Waals surface area (Å²) >= 11 is 0. The summed E-state index contributed by atoms with van der Waals surface area (Å²) in [5.41, 5.74) is 4.99. The number of anilines is 1. The Morgan fingerprint density at radius 2 is 2.21 bits per heavy atom. The van der Waals surface area contributed by atoms with Crippen LogP contribution >= 0.6 is 0 Å². The topological polar surface area (TPSA) is 131 Å². The smallest absolute Gasteiger partial charge is 0.325 e. The maximum absolute atomic E-state index is 11.2. The van der Waals surface area contributed by atoms with Gasteiger partial charge in [0.1, 0.15) is 6.04 Å². The molecule has 1 atom stereocenters. The zero-order valence-corrected chi connectivity index (χ0v) is 7.22. The summed E-state index contributed by atoms with van der Waals surface area (Å²) in [5, 5.41) is 17.0. The van der Waals surface area contributed by atoms with Gasteiger partial charge >= 0.3 is 5.97 Å². The van der Waals surface area contributed by atoms with Gasteiger partial charge in [0.2, 0.25) is 11.5 Å². The number of carboxylic acid groups (broad SMARTS) is 1. The predicted molar refractivity (Wildman–Crippen MR) is 43.3 cm³/mol. The lowest BCUT2D eigenvalue weighted by Crippen LogP contribution is -2.38.